The minimum absolute atomic E-state index is 0.100. The second kappa shape index (κ2) is 11.4. The molecule has 8 nitrogen and oxygen atoms in total. The van der Waals surface area contributed by atoms with Gasteiger partial charge in [0, 0.05) is 30.6 Å². The van der Waals surface area contributed by atoms with Crippen LogP contribution in [0.5, 0.6) is 0 Å². The molecule has 2 amide bonds. The first kappa shape index (κ1) is 27.0. The Bertz CT molecular complexity index is 1040. The predicted molar refractivity (Wildman–Crippen MR) is 135 cm³/mol. The maximum atomic E-state index is 13.1. The van der Waals surface area contributed by atoms with E-state index in [1.165, 1.54) is 12.1 Å². The first-order valence-electron chi connectivity index (χ1n) is 11.7. The second-order valence-corrected chi connectivity index (χ2v) is 9.95. The molecular formula is C25H33ClFN5O3. The molecule has 2 aromatic rings. The van der Waals surface area contributed by atoms with E-state index < -0.39 is 29.4 Å². The SMILES string of the molecule is CC[C@H](C[C@H](O)[C@@H](N)CN1CC(=O)N(c2ccccc2Cl)CC1(C)C)C(=O)Nc1ccc(F)cn1. The molecule has 0 radical (unpaired) electrons. The van der Waals surface area contributed by atoms with Crippen LogP contribution in [0.2, 0.25) is 5.02 Å². The van der Waals surface area contributed by atoms with Crippen LogP contribution in [0.4, 0.5) is 15.9 Å². The lowest BCUT2D eigenvalue weighted by Crippen LogP contribution is -2.64. The monoisotopic (exact) mass is 505 g/mol. The van der Waals surface area contributed by atoms with E-state index in [2.05, 4.69) is 10.3 Å². The van der Waals surface area contributed by atoms with Crippen molar-refractivity contribution < 1.29 is 19.1 Å². The van der Waals surface area contributed by atoms with Crippen LogP contribution in [0.3, 0.4) is 0 Å². The molecule has 1 aromatic carbocycles. The fraction of sp³-hybridized carbons (Fsp3) is 0.480. The molecule has 1 fully saturated rings. The molecule has 0 saturated carbocycles. The molecule has 1 saturated heterocycles. The fourth-order valence-electron chi connectivity index (χ4n) is 4.22. The number of hydrogen-bond donors (Lipinski definition) is 3. The zero-order chi connectivity index (χ0) is 25.8. The summed E-state index contributed by atoms with van der Waals surface area (Å²) in [6.45, 7) is 6.71. The third kappa shape index (κ3) is 6.76. The van der Waals surface area contributed by atoms with Crippen LogP contribution in [0.15, 0.2) is 42.6 Å². The topological polar surface area (TPSA) is 112 Å². The molecular weight excluding hydrogens is 473 g/mol. The highest BCUT2D eigenvalue weighted by atomic mass is 35.5. The Morgan fingerprint density at radius 1 is 1.31 bits per heavy atom. The van der Waals surface area contributed by atoms with E-state index in [1.807, 2.05) is 43.9 Å². The molecule has 1 aliphatic rings. The van der Waals surface area contributed by atoms with Crippen LogP contribution in [-0.2, 0) is 9.59 Å². The number of carbonyl (C=O) groups excluding carboxylic acids is 2. The second-order valence-electron chi connectivity index (χ2n) is 9.55. The maximum absolute atomic E-state index is 13.1. The molecule has 0 bridgehead atoms. The Morgan fingerprint density at radius 3 is 2.66 bits per heavy atom. The number of carbonyl (C=O) groups is 2. The Balaban J connectivity index is 1.60. The van der Waals surface area contributed by atoms with Crippen LogP contribution in [0.1, 0.15) is 33.6 Å². The molecule has 0 spiro atoms. The number of aromatic nitrogens is 1. The van der Waals surface area contributed by atoms with Crippen LogP contribution in [-0.4, -0.2) is 64.1 Å². The van der Waals surface area contributed by atoms with E-state index in [9.17, 15) is 19.1 Å². The first-order valence-corrected chi connectivity index (χ1v) is 12.1. The van der Waals surface area contributed by atoms with Crippen LogP contribution < -0.4 is 16.0 Å². The third-order valence-corrected chi connectivity index (χ3v) is 6.78. The lowest BCUT2D eigenvalue weighted by molar-refractivity contribution is -0.124. The molecule has 3 rings (SSSR count). The van der Waals surface area contributed by atoms with Gasteiger partial charge in [0.15, 0.2) is 0 Å². The molecule has 2 heterocycles. The Hall–Kier alpha value is -2.59. The average molecular weight is 506 g/mol. The normalized spacial score (nSPS) is 18.7. The summed E-state index contributed by atoms with van der Waals surface area (Å²) in [7, 11) is 0. The van der Waals surface area contributed by atoms with Gasteiger partial charge in [-0.2, -0.15) is 0 Å². The van der Waals surface area contributed by atoms with Crippen molar-refractivity contribution in [2.45, 2.75) is 51.3 Å². The first-order chi connectivity index (χ1) is 16.5. The van der Waals surface area contributed by atoms with Gasteiger partial charge in [0.2, 0.25) is 11.8 Å². The number of nitrogens with zero attached hydrogens (tertiary/aromatic N) is 3. The minimum Gasteiger partial charge on any atom is -0.391 e. The number of hydrogen-bond acceptors (Lipinski definition) is 6. The molecule has 0 aliphatic carbocycles. The van der Waals surface area contributed by atoms with Gasteiger partial charge in [-0.15, -0.1) is 0 Å². The molecule has 35 heavy (non-hydrogen) atoms. The number of anilines is 2. The Labute approximate surface area is 210 Å². The zero-order valence-electron chi connectivity index (χ0n) is 20.2. The van der Waals surface area contributed by atoms with Gasteiger partial charge in [0.25, 0.3) is 0 Å². The van der Waals surface area contributed by atoms with Gasteiger partial charge in [-0.1, -0.05) is 30.7 Å². The molecule has 1 aromatic heterocycles. The van der Waals surface area contributed by atoms with E-state index in [-0.39, 0.29) is 37.1 Å². The number of pyridine rings is 1. The molecule has 10 heteroatoms. The van der Waals surface area contributed by atoms with E-state index in [0.717, 1.165) is 6.20 Å². The largest absolute Gasteiger partial charge is 0.391 e. The molecule has 190 valence electrons. The highest BCUT2D eigenvalue weighted by Gasteiger charge is 2.40. The van der Waals surface area contributed by atoms with Crippen LogP contribution in [0.25, 0.3) is 0 Å². The van der Waals surface area contributed by atoms with Gasteiger partial charge < -0.3 is 21.1 Å². The number of benzene rings is 1. The molecule has 1 aliphatic heterocycles. The molecule has 3 atom stereocenters. The van der Waals surface area contributed by atoms with Gasteiger partial charge in [-0.3, -0.25) is 14.5 Å². The summed E-state index contributed by atoms with van der Waals surface area (Å²) in [5.41, 5.74) is 6.59. The van der Waals surface area contributed by atoms with E-state index in [1.54, 1.807) is 11.0 Å². The molecule has 4 N–H and O–H groups in total. The fourth-order valence-corrected chi connectivity index (χ4v) is 4.46. The van der Waals surface area contributed by atoms with Crippen molar-refractivity contribution >= 4 is 34.9 Å². The van der Waals surface area contributed by atoms with Gasteiger partial charge in [-0.25, -0.2) is 9.37 Å². The quantitative estimate of drug-likeness (QED) is 0.483. The van der Waals surface area contributed by atoms with Crippen LogP contribution >= 0.6 is 11.6 Å². The van der Waals surface area contributed by atoms with Gasteiger partial charge in [0.05, 0.1) is 29.6 Å². The van der Waals surface area contributed by atoms with Gasteiger partial charge >= 0.3 is 0 Å². The number of para-hydroxylation sites is 1. The summed E-state index contributed by atoms with van der Waals surface area (Å²) in [5.74, 6) is -1.18. The number of piperazine rings is 1. The Morgan fingerprint density at radius 2 is 2.03 bits per heavy atom. The van der Waals surface area contributed by atoms with Gasteiger partial charge in [-0.05, 0) is 51.0 Å². The summed E-state index contributed by atoms with van der Waals surface area (Å²) in [6.07, 6.45) is 0.700. The lowest BCUT2D eigenvalue weighted by Gasteiger charge is -2.47. The lowest BCUT2D eigenvalue weighted by atomic mass is 9.92. The number of halogens is 2. The summed E-state index contributed by atoms with van der Waals surface area (Å²) >= 11 is 6.31. The van der Waals surface area contributed by atoms with Gasteiger partial charge in [0.1, 0.15) is 11.6 Å². The number of nitrogens with one attached hydrogen (secondary N) is 1. The summed E-state index contributed by atoms with van der Waals surface area (Å²) in [4.78, 5) is 33.1. The third-order valence-electron chi connectivity index (χ3n) is 6.47. The van der Waals surface area contributed by atoms with Crippen molar-refractivity contribution in [2.75, 3.05) is 29.9 Å². The zero-order valence-corrected chi connectivity index (χ0v) is 21.0. The standard InChI is InChI=1S/C25H33ClFN5O3/c1-4-16(24(35)30-22-10-9-17(27)12-29-22)11-21(33)19(28)13-31-14-23(34)32(15-25(31,2)3)20-8-6-5-7-18(20)26/h5-10,12,16,19,21,33H,4,11,13-15,28H2,1-3H3,(H,29,30,35)/t16-,19+,21+/m1/s1. The highest BCUT2D eigenvalue weighted by molar-refractivity contribution is 6.33. The Kier molecular flexibility index (Phi) is 8.82. The van der Waals surface area contributed by atoms with Crippen molar-refractivity contribution in [3.05, 3.63) is 53.4 Å². The average Bonchev–Trinajstić information content (AvgIpc) is 2.81. The number of amides is 2. The van der Waals surface area contributed by atoms with Crippen molar-refractivity contribution in [3.8, 4) is 0 Å². The number of aliphatic hydroxyl groups excluding tert-OH is 1. The van der Waals surface area contributed by atoms with Crippen molar-refractivity contribution in [1.82, 2.24) is 9.88 Å². The predicted octanol–water partition coefficient (Wildman–Crippen LogP) is 3.04. The summed E-state index contributed by atoms with van der Waals surface area (Å²) < 4.78 is 13.1. The maximum Gasteiger partial charge on any atom is 0.241 e. The smallest absolute Gasteiger partial charge is 0.241 e. The number of rotatable bonds is 9. The van der Waals surface area contributed by atoms with E-state index in [4.69, 9.17) is 17.3 Å². The van der Waals surface area contributed by atoms with Crippen molar-refractivity contribution in [2.24, 2.45) is 11.7 Å². The van der Waals surface area contributed by atoms with Crippen molar-refractivity contribution in [1.29, 1.82) is 0 Å². The summed E-state index contributed by atoms with van der Waals surface area (Å²) in [6, 6.07) is 9.15. The van der Waals surface area contributed by atoms with Crippen molar-refractivity contribution in [3.63, 3.8) is 0 Å². The van der Waals surface area contributed by atoms with E-state index >= 15 is 0 Å². The van der Waals surface area contributed by atoms with Crippen LogP contribution in [0, 0.1) is 11.7 Å². The highest BCUT2D eigenvalue weighted by Crippen LogP contribution is 2.31. The minimum atomic E-state index is -0.959. The number of nitrogens with two attached hydrogens (primary N) is 1. The number of aliphatic hydroxyl groups is 1. The molecule has 0 unspecified atom stereocenters. The summed E-state index contributed by atoms with van der Waals surface area (Å²) in [5, 5.41) is 14.0. The van der Waals surface area contributed by atoms with E-state index in [0.29, 0.717) is 23.7 Å².